The Kier molecular flexibility index (Phi) is 5.25. The molecule has 2 rings (SSSR count). The van der Waals surface area contributed by atoms with Crippen molar-refractivity contribution in [2.24, 2.45) is 5.10 Å². The normalized spacial score (nSPS) is 10.9. The van der Waals surface area contributed by atoms with E-state index in [1.807, 2.05) is 19.1 Å². The number of carbonyl (C=O) groups is 1. The Morgan fingerprint density at radius 1 is 1.19 bits per heavy atom. The predicted octanol–water partition coefficient (Wildman–Crippen LogP) is 4.42. The molecule has 1 amide bonds. The van der Waals surface area contributed by atoms with Crippen molar-refractivity contribution >= 4 is 44.0 Å². The molecule has 0 bridgehead atoms. The molecule has 0 spiro atoms. The molecule has 0 aliphatic rings. The van der Waals surface area contributed by atoms with Gasteiger partial charge in [0, 0.05) is 14.5 Å². The second-order valence-electron chi connectivity index (χ2n) is 4.32. The first-order valence-electron chi connectivity index (χ1n) is 6.02. The van der Waals surface area contributed by atoms with Gasteiger partial charge in [0.25, 0.3) is 5.91 Å². The van der Waals surface area contributed by atoms with E-state index in [1.54, 1.807) is 0 Å². The maximum atomic E-state index is 12.8. The van der Waals surface area contributed by atoms with Crippen LogP contribution in [0.4, 0.5) is 4.39 Å². The van der Waals surface area contributed by atoms with E-state index >= 15 is 0 Å². The summed E-state index contributed by atoms with van der Waals surface area (Å²) in [5, 5.41) is 3.89. The van der Waals surface area contributed by atoms with Gasteiger partial charge in [0.1, 0.15) is 5.82 Å². The minimum absolute atomic E-state index is 0.347. The molecule has 2 aromatic carbocycles. The summed E-state index contributed by atoms with van der Waals surface area (Å²) in [6.07, 6.45) is 1.54. The van der Waals surface area contributed by atoms with Crippen LogP contribution in [0.5, 0.6) is 0 Å². The predicted molar refractivity (Wildman–Crippen MR) is 88.0 cm³/mol. The van der Waals surface area contributed by atoms with E-state index < -0.39 is 5.91 Å². The van der Waals surface area contributed by atoms with Crippen molar-refractivity contribution < 1.29 is 9.18 Å². The summed E-state index contributed by atoms with van der Waals surface area (Å²) >= 11 is 6.89. The van der Waals surface area contributed by atoms with E-state index in [9.17, 15) is 9.18 Å². The molecule has 0 atom stereocenters. The second-order valence-corrected chi connectivity index (χ2v) is 6.02. The number of benzene rings is 2. The summed E-state index contributed by atoms with van der Waals surface area (Å²) in [6, 6.07) is 9.05. The summed E-state index contributed by atoms with van der Waals surface area (Å²) in [6.45, 7) is 1.98. The molecule has 0 aliphatic heterocycles. The number of nitrogens with zero attached hydrogens (tertiary/aromatic N) is 1. The first-order valence-corrected chi connectivity index (χ1v) is 7.60. The van der Waals surface area contributed by atoms with Crippen LogP contribution in [0.25, 0.3) is 0 Å². The topological polar surface area (TPSA) is 41.5 Å². The monoisotopic (exact) mass is 412 g/mol. The van der Waals surface area contributed by atoms with Crippen LogP contribution in [0.1, 0.15) is 21.5 Å². The third-order valence-electron chi connectivity index (χ3n) is 2.79. The molecular formula is C15H11Br2FN2O. The zero-order chi connectivity index (χ0) is 15.4. The highest BCUT2D eigenvalue weighted by Gasteiger charge is 2.04. The molecule has 0 saturated heterocycles. The van der Waals surface area contributed by atoms with E-state index in [-0.39, 0.29) is 5.82 Å². The fourth-order valence-electron chi connectivity index (χ4n) is 1.57. The Bertz CT molecular complexity index is 676. The van der Waals surface area contributed by atoms with Gasteiger partial charge in [-0.05, 0) is 54.4 Å². The summed E-state index contributed by atoms with van der Waals surface area (Å²) in [7, 11) is 0. The van der Waals surface area contributed by atoms with Crippen molar-refractivity contribution in [1.29, 1.82) is 0 Å². The molecule has 1 N–H and O–H groups in total. The fraction of sp³-hybridized carbons (Fsp3) is 0.0667. The van der Waals surface area contributed by atoms with Gasteiger partial charge in [0.2, 0.25) is 0 Å². The van der Waals surface area contributed by atoms with Crippen molar-refractivity contribution in [3.63, 3.8) is 0 Å². The molecule has 2 aromatic rings. The van der Waals surface area contributed by atoms with Gasteiger partial charge >= 0.3 is 0 Å². The lowest BCUT2D eigenvalue weighted by Gasteiger charge is -2.03. The molecule has 0 aliphatic carbocycles. The standard InChI is InChI=1S/C15H11Br2FN2O/c1-9-13(16)6-10(7-14(9)17)8-19-20-15(21)11-2-4-12(18)5-3-11/h2-8H,1H3,(H,20,21)/b19-8-. The number of hydrazone groups is 1. The van der Waals surface area contributed by atoms with E-state index in [4.69, 9.17) is 0 Å². The Hall–Kier alpha value is -1.53. The maximum Gasteiger partial charge on any atom is 0.271 e. The van der Waals surface area contributed by atoms with Gasteiger partial charge in [-0.3, -0.25) is 4.79 Å². The van der Waals surface area contributed by atoms with Crippen LogP contribution in [0.2, 0.25) is 0 Å². The van der Waals surface area contributed by atoms with Crippen molar-refractivity contribution in [3.8, 4) is 0 Å². The van der Waals surface area contributed by atoms with E-state index in [0.717, 1.165) is 20.1 Å². The third kappa shape index (κ3) is 4.22. The fourth-order valence-corrected chi connectivity index (χ4v) is 2.79. The lowest BCUT2D eigenvalue weighted by atomic mass is 10.2. The molecule has 0 fully saturated rings. The van der Waals surface area contributed by atoms with Gasteiger partial charge in [-0.2, -0.15) is 5.10 Å². The van der Waals surface area contributed by atoms with Crippen LogP contribution in [0.3, 0.4) is 0 Å². The number of hydrogen-bond acceptors (Lipinski definition) is 2. The number of amides is 1. The highest BCUT2D eigenvalue weighted by molar-refractivity contribution is 9.11. The van der Waals surface area contributed by atoms with Gasteiger partial charge in [-0.25, -0.2) is 9.82 Å². The minimum Gasteiger partial charge on any atom is -0.267 e. The zero-order valence-electron chi connectivity index (χ0n) is 11.0. The average Bonchev–Trinajstić information content (AvgIpc) is 2.45. The Morgan fingerprint density at radius 2 is 1.76 bits per heavy atom. The van der Waals surface area contributed by atoms with Crippen molar-refractivity contribution in [1.82, 2.24) is 5.43 Å². The van der Waals surface area contributed by atoms with Crippen LogP contribution in [-0.4, -0.2) is 12.1 Å². The van der Waals surface area contributed by atoms with Gasteiger partial charge in [-0.1, -0.05) is 31.9 Å². The molecule has 0 aromatic heterocycles. The van der Waals surface area contributed by atoms with Crippen molar-refractivity contribution in [2.45, 2.75) is 6.92 Å². The highest BCUT2D eigenvalue weighted by Crippen LogP contribution is 2.25. The first-order chi connectivity index (χ1) is 9.97. The molecule has 108 valence electrons. The van der Waals surface area contributed by atoms with Gasteiger partial charge < -0.3 is 0 Å². The van der Waals surface area contributed by atoms with Crippen LogP contribution >= 0.6 is 31.9 Å². The number of rotatable bonds is 3. The van der Waals surface area contributed by atoms with E-state index in [0.29, 0.717) is 5.56 Å². The SMILES string of the molecule is Cc1c(Br)cc(/C=N\NC(=O)c2ccc(F)cc2)cc1Br. The maximum absolute atomic E-state index is 12.8. The molecule has 6 heteroatoms. The second kappa shape index (κ2) is 6.95. The van der Waals surface area contributed by atoms with Crippen molar-refractivity contribution in [2.75, 3.05) is 0 Å². The molecule has 0 saturated carbocycles. The Balaban J connectivity index is 2.05. The molecule has 0 radical (unpaired) electrons. The number of hydrogen-bond donors (Lipinski definition) is 1. The highest BCUT2D eigenvalue weighted by atomic mass is 79.9. The number of halogens is 3. The smallest absolute Gasteiger partial charge is 0.267 e. The van der Waals surface area contributed by atoms with Crippen LogP contribution in [0.15, 0.2) is 50.4 Å². The summed E-state index contributed by atoms with van der Waals surface area (Å²) in [5.74, 6) is -0.777. The zero-order valence-corrected chi connectivity index (χ0v) is 14.2. The Morgan fingerprint density at radius 3 is 2.33 bits per heavy atom. The van der Waals surface area contributed by atoms with Crippen LogP contribution in [0, 0.1) is 12.7 Å². The summed E-state index contributed by atoms with van der Waals surface area (Å²) < 4.78 is 14.7. The molecular weight excluding hydrogens is 403 g/mol. The third-order valence-corrected chi connectivity index (χ3v) is 4.44. The van der Waals surface area contributed by atoms with Crippen LogP contribution < -0.4 is 5.43 Å². The van der Waals surface area contributed by atoms with Gasteiger partial charge in [0.05, 0.1) is 6.21 Å². The number of carbonyl (C=O) groups excluding carboxylic acids is 1. The van der Waals surface area contributed by atoms with Gasteiger partial charge in [0.15, 0.2) is 0 Å². The largest absolute Gasteiger partial charge is 0.271 e. The quantitative estimate of drug-likeness (QED) is 0.587. The summed E-state index contributed by atoms with van der Waals surface area (Å²) in [4.78, 5) is 11.8. The molecule has 0 heterocycles. The van der Waals surface area contributed by atoms with E-state index in [1.165, 1.54) is 30.5 Å². The Labute approximate surface area is 138 Å². The van der Waals surface area contributed by atoms with E-state index in [2.05, 4.69) is 42.4 Å². The van der Waals surface area contributed by atoms with Gasteiger partial charge in [-0.15, -0.1) is 0 Å². The van der Waals surface area contributed by atoms with Crippen LogP contribution in [-0.2, 0) is 0 Å². The van der Waals surface area contributed by atoms with Crippen molar-refractivity contribution in [3.05, 3.63) is 67.9 Å². The lowest BCUT2D eigenvalue weighted by molar-refractivity contribution is 0.0955. The lowest BCUT2D eigenvalue weighted by Crippen LogP contribution is -2.17. The first kappa shape index (κ1) is 15.9. The minimum atomic E-state index is -0.392. The molecule has 0 unspecified atom stereocenters. The number of nitrogens with one attached hydrogen (secondary N) is 1. The molecule has 21 heavy (non-hydrogen) atoms. The summed E-state index contributed by atoms with van der Waals surface area (Å²) in [5.41, 5.74) is 4.66. The average molecular weight is 414 g/mol. The molecule has 3 nitrogen and oxygen atoms in total.